The second-order valence-electron chi connectivity index (χ2n) is 6.51. The van der Waals surface area contributed by atoms with Crippen LogP contribution in [0.2, 0.25) is 0 Å². The molecule has 0 saturated heterocycles. The van der Waals surface area contributed by atoms with Crippen molar-refractivity contribution >= 4 is 23.0 Å². The predicted molar refractivity (Wildman–Crippen MR) is 106 cm³/mol. The number of para-hydroxylation sites is 2. The van der Waals surface area contributed by atoms with E-state index in [1.807, 2.05) is 42.6 Å². The van der Waals surface area contributed by atoms with Gasteiger partial charge in [-0.3, -0.25) is 4.90 Å². The third-order valence-electron chi connectivity index (χ3n) is 4.96. The van der Waals surface area contributed by atoms with Crippen molar-refractivity contribution in [3.63, 3.8) is 0 Å². The average Bonchev–Trinajstić information content (AvgIpc) is 3.09. The molecule has 0 aliphatic carbocycles. The van der Waals surface area contributed by atoms with Gasteiger partial charge in [0.25, 0.3) is 0 Å². The lowest BCUT2D eigenvalue weighted by Gasteiger charge is -2.40. The molecule has 2 aromatic carbocycles. The van der Waals surface area contributed by atoms with Gasteiger partial charge in [0, 0.05) is 18.8 Å². The molecule has 2 atom stereocenters. The van der Waals surface area contributed by atoms with Crippen LogP contribution in [0.5, 0.6) is 0 Å². The number of nitrogens with one attached hydrogen (secondary N) is 1. The zero-order valence-electron chi connectivity index (χ0n) is 14.4. The van der Waals surface area contributed by atoms with Crippen LogP contribution in [0.1, 0.15) is 5.56 Å². The van der Waals surface area contributed by atoms with E-state index in [1.165, 1.54) is 0 Å². The number of anilines is 3. The number of likely N-dealkylation sites (N-methyl/N-ethyl adjacent to an activating group) is 1. The first-order valence-corrected chi connectivity index (χ1v) is 8.75. The van der Waals surface area contributed by atoms with Gasteiger partial charge in [0.15, 0.2) is 6.17 Å². The van der Waals surface area contributed by atoms with Gasteiger partial charge in [-0.25, -0.2) is 9.98 Å². The van der Waals surface area contributed by atoms with Gasteiger partial charge < -0.3 is 10.2 Å². The van der Waals surface area contributed by atoms with Crippen molar-refractivity contribution in [3.05, 3.63) is 84.6 Å². The fourth-order valence-electron chi connectivity index (χ4n) is 3.71. The molecule has 3 aromatic rings. The summed E-state index contributed by atoms with van der Waals surface area (Å²) in [6.07, 6.45) is 1.79. The number of benzene rings is 2. The molecule has 2 aliphatic heterocycles. The van der Waals surface area contributed by atoms with Crippen LogP contribution < -0.4 is 15.1 Å². The van der Waals surface area contributed by atoms with E-state index in [4.69, 9.17) is 4.99 Å². The van der Waals surface area contributed by atoms with Crippen LogP contribution in [0, 0.1) is 0 Å². The Hall–Kier alpha value is -3.34. The molecule has 2 unspecified atom stereocenters. The highest BCUT2D eigenvalue weighted by Crippen LogP contribution is 2.38. The normalized spacial score (nSPS) is 20.9. The van der Waals surface area contributed by atoms with Crippen LogP contribution in [0.25, 0.3) is 0 Å². The Morgan fingerprint density at radius 1 is 0.885 bits per heavy atom. The molecule has 0 saturated carbocycles. The second-order valence-corrected chi connectivity index (χ2v) is 6.51. The Kier molecular flexibility index (Phi) is 3.38. The molecule has 0 spiro atoms. The van der Waals surface area contributed by atoms with E-state index in [0.29, 0.717) is 0 Å². The first-order valence-electron chi connectivity index (χ1n) is 8.75. The molecule has 0 radical (unpaired) electrons. The van der Waals surface area contributed by atoms with Crippen molar-refractivity contribution in [1.29, 1.82) is 0 Å². The highest BCUT2D eigenvalue weighted by molar-refractivity contribution is 6.12. The Labute approximate surface area is 152 Å². The van der Waals surface area contributed by atoms with Crippen LogP contribution in [0.4, 0.5) is 17.2 Å². The van der Waals surface area contributed by atoms with Crippen molar-refractivity contribution in [3.8, 4) is 0 Å². The molecule has 5 heteroatoms. The summed E-state index contributed by atoms with van der Waals surface area (Å²) < 4.78 is 0. The average molecular weight is 341 g/mol. The molecule has 0 fully saturated rings. The molecule has 0 bridgehead atoms. The molecule has 3 heterocycles. The van der Waals surface area contributed by atoms with Crippen molar-refractivity contribution in [1.82, 2.24) is 4.98 Å². The van der Waals surface area contributed by atoms with Gasteiger partial charge >= 0.3 is 0 Å². The van der Waals surface area contributed by atoms with Crippen molar-refractivity contribution in [2.75, 3.05) is 22.2 Å². The van der Waals surface area contributed by atoms with Crippen LogP contribution in [-0.2, 0) is 0 Å². The fraction of sp³-hybridized carbons (Fsp3) is 0.143. The summed E-state index contributed by atoms with van der Waals surface area (Å²) in [4.78, 5) is 14.1. The van der Waals surface area contributed by atoms with Crippen molar-refractivity contribution in [2.24, 2.45) is 4.99 Å². The minimum absolute atomic E-state index is 0.0139. The number of pyridine rings is 1. The van der Waals surface area contributed by atoms with Gasteiger partial charge in [-0.05, 0) is 24.3 Å². The van der Waals surface area contributed by atoms with Crippen LogP contribution in [0.15, 0.2) is 84.0 Å². The van der Waals surface area contributed by atoms with Gasteiger partial charge in [-0.1, -0.05) is 48.5 Å². The van der Waals surface area contributed by atoms with Gasteiger partial charge in [-0.15, -0.1) is 0 Å². The predicted octanol–water partition coefficient (Wildman–Crippen LogP) is 3.56. The number of nitrogens with zero attached hydrogens (tertiary/aromatic N) is 4. The summed E-state index contributed by atoms with van der Waals surface area (Å²) >= 11 is 0. The number of rotatable bonds is 2. The summed E-state index contributed by atoms with van der Waals surface area (Å²) in [5, 5.41) is 3.67. The molecule has 26 heavy (non-hydrogen) atoms. The summed E-state index contributed by atoms with van der Waals surface area (Å²) in [5.41, 5.74) is 3.36. The van der Waals surface area contributed by atoms with Crippen LogP contribution >= 0.6 is 0 Å². The van der Waals surface area contributed by atoms with E-state index in [0.717, 1.165) is 28.6 Å². The largest absolute Gasteiger partial charge is 0.360 e. The van der Waals surface area contributed by atoms with E-state index in [2.05, 4.69) is 63.5 Å². The zero-order valence-corrected chi connectivity index (χ0v) is 14.4. The highest BCUT2D eigenvalue weighted by atomic mass is 15.5. The van der Waals surface area contributed by atoms with Gasteiger partial charge in [0.05, 0.1) is 11.4 Å². The molecular formula is C21H19N5. The molecular weight excluding hydrogens is 322 g/mol. The smallest absolute Gasteiger partial charge is 0.163 e. The molecule has 128 valence electrons. The summed E-state index contributed by atoms with van der Waals surface area (Å²) in [5.74, 6) is 1.83. The minimum atomic E-state index is -0.0258. The van der Waals surface area contributed by atoms with Crippen LogP contribution in [-0.4, -0.2) is 30.2 Å². The molecule has 0 amide bonds. The SMILES string of the molecule is CN1c2ccccc2NC2C1N=C(c1ccccc1)N2c1ccccn1. The number of hydrogen-bond acceptors (Lipinski definition) is 5. The van der Waals surface area contributed by atoms with E-state index in [1.54, 1.807) is 0 Å². The van der Waals surface area contributed by atoms with E-state index in [-0.39, 0.29) is 12.3 Å². The number of hydrogen-bond donors (Lipinski definition) is 1. The van der Waals surface area contributed by atoms with E-state index in [9.17, 15) is 0 Å². The number of aliphatic imine (C=N–C) groups is 1. The highest BCUT2D eigenvalue weighted by Gasteiger charge is 2.43. The first-order chi connectivity index (χ1) is 12.8. The van der Waals surface area contributed by atoms with Crippen LogP contribution in [0.3, 0.4) is 0 Å². The first kappa shape index (κ1) is 15.0. The molecule has 5 nitrogen and oxygen atoms in total. The van der Waals surface area contributed by atoms with Gasteiger partial charge in [0.1, 0.15) is 17.8 Å². The summed E-state index contributed by atoms with van der Waals surface area (Å²) in [7, 11) is 2.10. The molecule has 2 aliphatic rings. The van der Waals surface area contributed by atoms with E-state index >= 15 is 0 Å². The standard InChI is InChI=1S/C21H19N5/c1-25-17-12-6-5-11-16(17)23-21-20(25)24-19(15-9-3-2-4-10-15)26(21)18-13-7-8-14-22-18/h2-14,20-21,23H,1H3. The lowest BCUT2D eigenvalue weighted by atomic mass is 10.1. The summed E-state index contributed by atoms with van der Waals surface area (Å²) in [6.45, 7) is 0. The number of aromatic nitrogens is 1. The van der Waals surface area contributed by atoms with Gasteiger partial charge in [0.2, 0.25) is 0 Å². The van der Waals surface area contributed by atoms with Crippen molar-refractivity contribution < 1.29 is 0 Å². The topological polar surface area (TPSA) is 43.8 Å². The maximum Gasteiger partial charge on any atom is 0.163 e. The second kappa shape index (κ2) is 5.88. The van der Waals surface area contributed by atoms with Crippen molar-refractivity contribution in [2.45, 2.75) is 12.3 Å². The summed E-state index contributed by atoms with van der Waals surface area (Å²) in [6, 6.07) is 24.6. The Morgan fingerprint density at radius 3 is 2.46 bits per heavy atom. The van der Waals surface area contributed by atoms with Gasteiger partial charge in [-0.2, -0.15) is 0 Å². The maximum atomic E-state index is 5.08. The molecule has 5 rings (SSSR count). The number of amidine groups is 1. The lowest BCUT2D eigenvalue weighted by molar-refractivity contribution is 0.576. The molecule has 1 N–H and O–H groups in total. The fourth-order valence-corrected chi connectivity index (χ4v) is 3.71. The quantitative estimate of drug-likeness (QED) is 0.774. The Morgan fingerprint density at radius 2 is 1.65 bits per heavy atom. The third kappa shape index (κ3) is 2.24. The maximum absolute atomic E-state index is 5.08. The Bertz CT molecular complexity index is 954. The minimum Gasteiger partial charge on any atom is -0.360 e. The molecule has 1 aromatic heterocycles. The third-order valence-corrected chi connectivity index (χ3v) is 4.96. The number of fused-ring (bicyclic) bond motifs is 2. The monoisotopic (exact) mass is 341 g/mol. The zero-order chi connectivity index (χ0) is 17.5. The lowest BCUT2D eigenvalue weighted by Crippen LogP contribution is -2.53. The van der Waals surface area contributed by atoms with E-state index < -0.39 is 0 Å². The Balaban J connectivity index is 1.65.